The molecule has 2 N–H and O–H groups in total. The highest BCUT2D eigenvalue weighted by atomic mass is 19.1. The van der Waals surface area contributed by atoms with Crippen LogP contribution in [0.5, 0.6) is 0 Å². The van der Waals surface area contributed by atoms with E-state index in [1.54, 1.807) is 12.1 Å². The molecule has 2 fully saturated rings. The van der Waals surface area contributed by atoms with Gasteiger partial charge in [0.2, 0.25) is 5.91 Å². The third kappa shape index (κ3) is 5.58. The number of rotatable bonds is 4. The average molecular weight is 375 g/mol. The fourth-order valence-electron chi connectivity index (χ4n) is 3.69. The molecular weight excluding hydrogens is 345 g/mol. The molecule has 2 heterocycles. The molecule has 0 atom stereocenters. The second-order valence-corrected chi connectivity index (χ2v) is 7.24. The lowest BCUT2D eigenvalue weighted by atomic mass is 10.2. The molecule has 6 nitrogen and oxygen atoms in total. The molecule has 0 radical (unpaired) electrons. The molecule has 1 aromatic carbocycles. The maximum Gasteiger partial charge on any atom is 0.224 e. The smallest absolute Gasteiger partial charge is 0.224 e. The lowest BCUT2D eigenvalue weighted by Crippen LogP contribution is -2.49. The zero-order valence-electron chi connectivity index (χ0n) is 15.9. The van der Waals surface area contributed by atoms with Gasteiger partial charge in [-0.3, -0.25) is 9.79 Å². The molecule has 2 aliphatic heterocycles. The van der Waals surface area contributed by atoms with Crippen LogP contribution in [0.1, 0.15) is 32.1 Å². The number of carbonyl (C=O) groups excluding carboxylic acids is 1. The van der Waals surface area contributed by atoms with Crippen molar-refractivity contribution in [2.75, 3.05) is 50.7 Å². The van der Waals surface area contributed by atoms with Gasteiger partial charge < -0.3 is 20.4 Å². The quantitative estimate of drug-likeness (QED) is 0.646. The normalized spacial score (nSPS) is 19.1. The molecule has 7 heteroatoms. The average Bonchev–Trinajstić information content (AvgIpc) is 2.98. The molecule has 2 saturated heterocycles. The molecule has 1 amide bonds. The standard InChI is InChI=1S/C20H30FN5O/c21-17-5-7-18(8-6-17)24-13-15-25(16-14-24)19(27)9-10-23-20(22)26-11-3-1-2-4-12-26/h5-8H,1-4,9-16H2,(H2,22,23). The van der Waals surface area contributed by atoms with E-state index >= 15 is 0 Å². The second kappa shape index (κ2) is 9.58. The van der Waals surface area contributed by atoms with Crippen molar-refractivity contribution in [1.82, 2.24) is 9.80 Å². The highest BCUT2D eigenvalue weighted by Gasteiger charge is 2.21. The predicted molar refractivity (Wildman–Crippen MR) is 106 cm³/mol. The third-order valence-electron chi connectivity index (χ3n) is 5.35. The molecule has 0 aromatic heterocycles. The van der Waals surface area contributed by atoms with Crippen molar-refractivity contribution in [3.8, 4) is 0 Å². The highest BCUT2D eigenvalue weighted by molar-refractivity contribution is 5.79. The Labute approximate surface area is 160 Å². The van der Waals surface area contributed by atoms with Gasteiger partial charge in [-0.05, 0) is 37.1 Å². The first kappa shape index (κ1) is 19.5. The summed E-state index contributed by atoms with van der Waals surface area (Å²) in [5.41, 5.74) is 7.09. The number of hydrogen-bond acceptors (Lipinski definition) is 3. The molecule has 2 aliphatic rings. The maximum absolute atomic E-state index is 13.0. The molecule has 0 aliphatic carbocycles. The summed E-state index contributed by atoms with van der Waals surface area (Å²) in [6.45, 7) is 5.26. The molecule has 3 rings (SSSR count). The van der Waals surface area contributed by atoms with E-state index in [4.69, 9.17) is 5.73 Å². The van der Waals surface area contributed by atoms with Gasteiger partial charge >= 0.3 is 0 Å². The Morgan fingerprint density at radius 3 is 2.19 bits per heavy atom. The van der Waals surface area contributed by atoms with Crippen LogP contribution in [0.4, 0.5) is 10.1 Å². The maximum atomic E-state index is 13.0. The van der Waals surface area contributed by atoms with Crippen molar-refractivity contribution in [3.63, 3.8) is 0 Å². The number of halogens is 1. The fourth-order valence-corrected chi connectivity index (χ4v) is 3.69. The van der Waals surface area contributed by atoms with Gasteiger partial charge in [0.25, 0.3) is 0 Å². The van der Waals surface area contributed by atoms with E-state index in [0.717, 1.165) is 44.7 Å². The Bertz CT molecular complexity index is 632. The van der Waals surface area contributed by atoms with Crippen LogP contribution in [0, 0.1) is 5.82 Å². The summed E-state index contributed by atoms with van der Waals surface area (Å²) in [6, 6.07) is 6.51. The van der Waals surface area contributed by atoms with E-state index in [-0.39, 0.29) is 11.7 Å². The van der Waals surface area contributed by atoms with Crippen LogP contribution in [-0.2, 0) is 4.79 Å². The third-order valence-corrected chi connectivity index (χ3v) is 5.35. The van der Waals surface area contributed by atoms with Gasteiger partial charge in [-0.2, -0.15) is 0 Å². The van der Waals surface area contributed by atoms with E-state index in [2.05, 4.69) is 14.8 Å². The summed E-state index contributed by atoms with van der Waals surface area (Å²) in [5.74, 6) is 0.472. The van der Waals surface area contributed by atoms with Crippen LogP contribution < -0.4 is 10.6 Å². The number of nitrogens with zero attached hydrogens (tertiary/aromatic N) is 4. The molecular formula is C20H30FN5O. The Hall–Kier alpha value is -2.31. The molecule has 0 spiro atoms. The highest BCUT2D eigenvalue weighted by Crippen LogP contribution is 2.17. The van der Waals surface area contributed by atoms with Crippen molar-refractivity contribution in [3.05, 3.63) is 30.1 Å². The topological polar surface area (TPSA) is 65.2 Å². The largest absolute Gasteiger partial charge is 0.370 e. The number of guanidine groups is 1. The van der Waals surface area contributed by atoms with Gasteiger partial charge in [0.1, 0.15) is 5.82 Å². The number of benzene rings is 1. The van der Waals surface area contributed by atoms with Crippen molar-refractivity contribution >= 4 is 17.6 Å². The minimum Gasteiger partial charge on any atom is -0.370 e. The molecule has 0 unspecified atom stereocenters. The minimum atomic E-state index is -0.229. The van der Waals surface area contributed by atoms with Gasteiger partial charge in [-0.1, -0.05) is 12.8 Å². The SMILES string of the molecule is NC(=NCCC(=O)N1CCN(c2ccc(F)cc2)CC1)N1CCCCCC1. The first-order valence-electron chi connectivity index (χ1n) is 9.96. The lowest BCUT2D eigenvalue weighted by molar-refractivity contribution is -0.131. The Balaban J connectivity index is 1.41. The van der Waals surface area contributed by atoms with Gasteiger partial charge in [0.15, 0.2) is 5.96 Å². The molecule has 1 aromatic rings. The van der Waals surface area contributed by atoms with Crippen LogP contribution >= 0.6 is 0 Å². The minimum absolute atomic E-state index is 0.126. The monoisotopic (exact) mass is 375 g/mol. The summed E-state index contributed by atoms with van der Waals surface area (Å²) in [4.78, 5) is 23.1. The lowest BCUT2D eigenvalue weighted by Gasteiger charge is -2.36. The summed E-state index contributed by atoms with van der Waals surface area (Å²) in [5, 5.41) is 0. The number of anilines is 1. The van der Waals surface area contributed by atoms with E-state index in [0.29, 0.717) is 32.0 Å². The summed E-state index contributed by atoms with van der Waals surface area (Å²) >= 11 is 0. The Morgan fingerprint density at radius 1 is 0.926 bits per heavy atom. The number of hydrogen-bond donors (Lipinski definition) is 1. The molecule has 27 heavy (non-hydrogen) atoms. The van der Waals surface area contributed by atoms with E-state index in [1.165, 1.54) is 25.0 Å². The number of aliphatic imine (C=N–C) groups is 1. The molecule has 148 valence electrons. The number of likely N-dealkylation sites (tertiary alicyclic amines) is 1. The number of carbonyl (C=O) groups is 1. The van der Waals surface area contributed by atoms with Crippen LogP contribution in [0.25, 0.3) is 0 Å². The van der Waals surface area contributed by atoms with Crippen LogP contribution in [0.3, 0.4) is 0 Å². The first-order valence-corrected chi connectivity index (χ1v) is 9.96. The molecule has 0 bridgehead atoms. The van der Waals surface area contributed by atoms with E-state index in [1.807, 2.05) is 4.90 Å². The van der Waals surface area contributed by atoms with Crippen LogP contribution in [0.15, 0.2) is 29.3 Å². The zero-order valence-corrected chi connectivity index (χ0v) is 15.9. The van der Waals surface area contributed by atoms with E-state index < -0.39 is 0 Å². The number of amides is 1. The zero-order chi connectivity index (χ0) is 19.1. The summed E-state index contributed by atoms with van der Waals surface area (Å²) in [7, 11) is 0. The number of piperazine rings is 1. The van der Waals surface area contributed by atoms with E-state index in [9.17, 15) is 9.18 Å². The van der Waals surface area contributed by atoms with Gasteiger partial charge in [-0.25, -0.2) is 4.39 Å². The van der Waals surface area contributed by atoms with Crippen molar-refractivity contribution in [1.29, 1.82) is 0 Å². The first-order chi connectivity index (χ1) is 13.1. The number of nitrogens with two attached hydrogens (primary N) is 1. The van der Waals surface area contributed by atoms with Crippen LogP contribution in [0.2, 0.25) is 0 Å². The van der Waals surface area contributed by atoms with Crippen molar-refractivity contribution < 1.29 is 9.18 Å². The Kier molecular flexibility index (Phi) is 6.90. The Morgan fingerprint density at radius 2 is 1.56 bits per heavy atom. The van der Waals surface area contributed by atoms with Gasteiger partial charge in [0.05, 0.1) is 6.54 Å². The van der Waals surface area contributed by atoms with Crippen molar-refractivity contribution in [2.24, 2.45) is 10.7 Å². The van der Waals surface area contributed by atoms with Gasteiger partial charge in [-0.15, -0.1) is 0 Å². The van der Waals surface area contributed by atoms with Crippen LogP contribution in [-0.4, -0.2) is 67.5 Å². The predicted octanol–water partition coefficient (Wildman–Crippen LogP) is 2.06. The summed E-state index contributed by atoms with van der Waals surface area (Å²) < 4.78 is 13.0. The fraction of sp³-hybridized carbons (Fsp3) is 0.600. The van der Waals surface area contributed by atoms with Gasteiger partial charge in [0, 0.05) is 51.4 Å². The second-order valence-electron chi connectivity index (χ2n) is 7.24. The summed E-state index contributed by atoms with van der Waals surface area (Å²) in [6.07, 6.45) is 5.23. The van der Waals surface area contributed by atoms with Crippen molar-refractivity contribution in [2.45, 2.75) is 32.1 Å². The molecule has 0 saturated carbocycles.